The molecule has 2 aliphatic heterocycles. The number of ether oxygens (including phenoxy) is 1. The van der Waals surface area contributed by atoms with E-state index in [0.29, 0.717) is 43.6 Å². The Morgan fingerprint density at radius 3 is 2.76 bits per heavy atom. The monoisotopic (exact) mass is 408 g/mol. The fourth-order valence-electron chi connectivity index (χ4n) is 3.11. The van der Waals surface area contributed by atoms with Gasteiger partial charge in [-0.15, -0.1) is 11.3 Å². The number of nitrogens with zero attached hydrogens (tertiary/aromatic N) is 1. The third-order valence-electron chi connectivity index (χ3n) is 4.53. The van der Waals surface area contributed by atoms with Crippen molar-refractivity contribution in [2.24, 2.45) is 0 Å². The molecule has 140 valence electrons. The summed E-state index contributed by atoms with van der Waals surface area (Å²) in [6.07, 6.45) is 2.19. The van der Waals surface area contributed by atoms with Crippen LogP contribution in [0.5, 0.6) is 0 Å². The van der Waals surface area contributed by atoms with Crippen LogP contribution in [-0.2, 0) is 19.6 Å². The maximum absolute atomic E-state index is 12.6. The van der Waals surface area contributed by atoms with Crippen molar-refractivity contribution in [3.63, 3.8) is 0 Å². The van der Waals surface area contributed by atoms with Gasteiger partial charge in [-0.3, -0.25) is 4.79 Å². The number of thiophene rings is 1. The summed E-state index contributed by atoms with van der Waals surface area (Å²) in [7, 11) is -3.48. The Morgan fingerprint density at radius 1 is 1.40 bits per heavy atom. The van der Waals surface area contributed by atoms with Gasteiger partial charge in [0.25, 0.3) is 15.9 Å². The second-order valence-electron chi connectivity index (χ2n) is 6.33. The molecule has 2 fully saturated rings. The normalized spacial score (nSPS) is 23.0. The van der Waals surface area contributed by atoms with Crippen LogP contribution in [0.1, 0.15) is 12.8 Å². The Morgan fingerprint density at radius 2 is 2.16 bits per heavy atom. The van der Waals surface area contributed by atoms with Crippen molar-refractivity contribution in [3.8, 4) is 0 Å². The van der Waals surface area contributed by atoms with E-state index in [9.17, 15) is 13.2 Å². The molecule has 2 N–H and O–H groups in total. The fraction of sp³-hybridized carbons (Fsp3) is 0.667. The van der Waals surface area contributed by atoms with Gasteiger partial charge in [-0.2, -0.15) is 4.31 Å². The highest BCUT2D eigenvalue weighted by molar-refractivity contribution is 7.91. The lowest BCUT2D eigenvalue weighted by atomic mass is 10.2. The number of carbonyl (C=O) groups excluding carboxylic acids is 1. The van der Waals surface area contributed by atoms with E-state index >= 15 is 0 Å². The van der Waals surface area contributed by atoms with Gasteiger partial charge in [-0.25, -0.2) is 8.42 Å². The molecule has 1 amide bonds. The summed E-state index contributed by atoms with van der Waals surface area (Å²) in [6, 6.07) is 3.14. The predicted molar refractivity (Wildman–Crippen MR) is 95.6 cm³/mol. The molecule has 0 aliphatic carbocycles. The Labute approximate surface area is 156 Å². The van der Waals surface area contributed by atoms with Crippen molar-refractivity contribution in [2.45, 2.75) is 23.2 Å². The molecule has 2 aliphatic rings. The summed E-state index contributed by atoms with van der Waals surface area (Å²) in [5.41, 5.74) is 0. The molecule has 1 aromatic heterocycles. The molecule has 3 heterocycles. The number of amides is 1. The van der Waals surface area contributed by atoms with Gasteiger partial charge in [0, 0.05) is 13.2 Å². The second kappa shape index (κ2) is 8.32. The maximum atomic E-state index is 12.6. The number of quaternary nitrogens is 1. The summed E-state index contributed by atoms with van der Waals surface area (Å²) in [5, 5.41) is 2.91. The molecule has 25 heavy (non-hydrogen) atoms. The first kappa shape index (κ1) is 19.1. The van der Waals surface area contributed by atoms with E-state index in [1.165, 1.54) is 4.31 Å². The minimum absolute atomic E-state index is 0.00755. The summed E-state index contributed by atoms with van der Waals surface area (Å²) in [6.45, 7) is 3.75. The van der Waals surface area contributed by atoms with Crippen LogP contribution in [0.2, 0.25) is 4.34 Å². The molecule has 3 rings (SSSR count). The number of rotatable bonds is 6. The quantitative estimate of drug-likeness (QED) is 0.670. The van der Waals surface area contributed by atoms with Crippen molar-refractivity contribution < 1.29 is 22.8 Å². The molecular formula is C15H23ClN3O4S2+. The highest BCUT2D eigenvalue weighted by Gasteiger charge is 2.32. The molecule has 0 spiro atoms. The third kappa shape index (κ3) is 4.93. The van der Waals surface area contributed by atoms with Gasteiger partial charge < -0.3 is 15.0 Å². The molecule has 7 nitrogen and oxygen atoms in total. The number of hydrogen-bond donors (Lipinski definition) is 2. The number of halogens is 1. The highest BCUT2D eigenvalue weighted by Crippen LogP contribution is 2.27. The smallest absolute Gasteiger partial charge is 0.275 e. The minimum Gasteiger partial charge on any atom is -0.376 e. The molecular weight excluding hydrogens is 386 g/mol. The van der Waals surface area contributed by atoms with Crippen LogP contribution in [0, 0.1) is 0 Å². The summed E-state index contributed by atoms with van der Waals surface area (Å²) in [5.74, 6) is -0.00755. The topological polar surface area (TPSA) is 80.2 Å². The summed E-state index contributed by atoms with van der Waals surface area (Å²) < 4.78 is 32.8. The van der Waals surface area contributed by atoms with Gasteiger partial charge in [0.2, 0.25) is 0 Å². The average Bonchev–Trinajstić information content (AvgIpc) is 3.25. The van der Waals surface area contributed by atoms with Crippen molar-refractivity contribution in [2.75, 3.05) is 45.9 Å². The lowest BCUT2D eigenvalue weighted by molar-refractivity contribution is -0.895. The first-order chi connectivity index (χ1) is 11.9. The Balaban J connectivity index is 1.44. The van der Waals surface area contributed by atoms with Gasteiger partial charge in [-0.1, -0.05) is 11.6 Å². The third-order valence-corrected chi connectivity index (χ3v) is 8.13. The van der Waals surface area contributed by atoms with E-state index in [0.717, 1.165) is 35.7 Å². The van der Waals surface area contributed by atoms with E-state index in [1.54, 1.807) is 12.1 Å². The number of sulfonamides is 1. The zero-order chi connectivity index (χ0) is 17.9. The van der Waals surface area contributed by atoms with Crippen molar-refractivity contribution in [1.29, 1.82) is 0 Å². The molecule has 2 saturated heterocycles. The minimum atomic E-state index is -3.48. The molecule has 0 bridgehead atoms. The highest BCUT2D eigenvalue weighted by atomic mass is 35.5. The number of hydrogen-bond acceptors (Lipinski definition) is 5. The molecule has 1 aromatic rings. The van der Waals surface area contributed by atoms with E-state index < -0.39 is 10.0 Å². The molecule has 0 saturated carbocycles. The predicted octanol–water partition coefficient (Wildman–Crippen LogP) is -0.414. The van der Waals surface area contributed by atoms with Crippen LogP contribution in [0.3, 0.4) is 0 Å². The molecule has 10 heteroatoms. The maximum Gasteiger partial charge on any atom is 0.275 e. The van der Waals surface area contributed by atoms with E-state index in [2.05, 4.69) is 5.32 Å². The Hall–Kier alpha value is -0.710. The zero-order valence-electron chi connectivity index (χ0n) is 13.9. The first-order valence-electron chi connectivity index (χ1n) is 8.42. The molecule has 1 atom stereocenters. The fourth-order valence-corrected chi connectivity index (χ4v) is 6.18. The van der Waals surface area contributed by atoms with Crippen LogP contribution < -0.4 is 10.2 Å². The number of carbonyl (C=O) groups is 1. The lowest BCUT2D eigenvalue weighted by Gasteiger charge is -2.30. The summed E-state index contributed by atoms with van der Waals surface area (Å²) >= 11 is 6.91. The van der Waals surface area contributed by atoms with Crippen molar-refractivity contribution in [1.82, 2.24) is 9.62 Å². The summed E-state index contributed by atoms with van der Waals surface area (Å²) in [4.78, 5) is 13.1. The molecule has 0 aromatic carbocycles. The van der Waals surface area contributed by atoms with Crippen molar-refractivity contribution in [3.05, 3.63) is 16.5 Å². The number of piperazine rings is 1. The molecule has 0 radical (unpaired) electrons. The van der Waals surface area contributed by atoms with Gasteiger partial charge in [0.15, 0.2) is 6.54 Å². The molecule has 0 unspecified atom stereocenters. The van der Waals surface area contributed by atoms with Crippen molar-refractivity contribution >= 4 is 38.9 Å². The van der Waals surface area contributed by atoms with Gasteiger partial charge in [0.1, 0.15) is 4.21 Å². The zero-order valence-corrected chi connectivity index (χ0v) is 16.3. The van der Waals surface area contributed by atoms with Crippen LogP contribution >= 0.6 is 22.9 Å². The Kier molecular flexibility index (Phi) is 6.35. The van der Waals surface area contributed by atoms with E-state index in [1.807, 2.05) is 0 Å². The van der Waals surface area contributed by atoms with Gasteiger partial charge >= 0.3 is 0 Å². The van der Waals surface area contributed by atoms with E-state index in [-0.39, 0.29) is 16.2 Å². The SMILES string of the molecule is O=C(C[NH+]1CCN(S(=O)(=O)c2ccc(Cl)s2)CC1)NC[C@H]1CCCO1. The van der Waals surface area contributed by atoms with Gasteiger partial charge in [-0.05, 0) is 25.0 Å². The first-order valence-corrected chi connectivity index (χ1v) is 11.1. The average molecular weight is 409 g/mol. The second-order valence-corrected chi connectivity index (χ2v) is 10.2. The Bertz CT molecular complexity index is 695. The largest absolute Gasteiger partial charge is 0.376 e. The lowest BCUT2D eigenvalue weighted by Crippen LogP contribution is -3.15. The number of nitrogens with one attached hydrogen (secondary N) is 2. The van der Waals surface area contributed by atoms with Crippen LogP contribution in [0.15, 0.2) is 16.3 Å². The van der Waals surface area contributed by atoms with Crippen LogP contribution in [0.4, 0.5) is 0 Å². The standard InChI is InChI=1S/C15H22ClN3O4S2/c16-13-3-4-15(24-13)25(21,22)19-7-5-18(6-8-19)11-14(20)17-10-12-2-1-9-23-12/h3-4,12H,1-2,5-11H2,(H,17,20)/p+1/t12-/m1/s1. The van der Waals surface area contributed by atoms with Crippen LogP contribution in [0.25, 0.3) is 0 Å². The van der Waals surface area contributed by atoms with E-state index in [4.69, 9.17) is 16.3 Å². The van der Waals surface area contributed by atoms with Gasteiger partial charge in [0.05, 0.1) is 36.6 Å². The van der Waals surface area contributed by atoms with Crippen LogP contribution in [-0.4, -0.2) is 70.6 Å².